The zero-order chi connectivity index (χ0) is 22.1. The van der Waals surface area contributed by atoms with Gasteiger partial charge in [0.1, 0.15) is 17.2 Å². The Labute approximate surface area is 175 Å². The number of nitrogens with zero attached hydrogens (tertiary/aromatic N) is 2. The van der Waals surface area contributed by atoms with E-state index in [0.29, 0.717) is 11.3 Å². The molecule has 0 saturated carbocycles. The van der Waals surface area contributed by atoms with E-state index >= 15 is 0 Å². The number of anilines is 1. The van der Waals surface area contributed by atoms with Crippen molar-refractivity contribution in [2.24, 2.45) is 7.05 Å². The first-order chi connectivity index (χ1) is 14.8. The standard InChI is InChI=1S/C23H17F2N3O3/c1-13-6-7-15(22-27-28(2)23(30)31-22)12-17(13)14-8-10-16(11-9-14)26-21(29)20-18(24)4-3-5-19(20)25/h3-12H,1-2H3,(H,26,29). The lowest BCUT2D eigenvalue weighted by Gasteiger charge is -2.10. The quantitative estimate of drug-likeness (QED) is 0.525. The number of hydrogen-bond acceptors (Lipinski definition) is 4. The predicted molar refractivity (Wildman–Crippen MR) is 112 cm³/mol. The summed E-state index contributed by atoms with van der Waals surface area (Å²) in [4.78, 5) is 23.8. The molecule has 156 valence electrons. The van der Waals surface area contributed by atoms with Gasteiger partial charge in [0.2, 0.25) is 5.89 Å². The molecule has 6 nitrogen and oxygen atoms in total. The fourth-order valence-electron chi connectivity index (χ4n) is 3.17. The van der Waals surface area contributed by atoms with Crippen LogP contribution < -0.4 is 11.1 Å². The maximum atomic E-state index is 13.8. The Morgan fingerprint density at radius 2 is 1.65 bits per heavy atom. The first-order valence-electron chi connectivity index (χ1n) is 9.34. The highest BCUT2D eigenvalue weighted by molar-refractivity contribution is 6.04. The molecule has 1 N–H and O–H groups in total. The molecule has 0 aliphatic rings. The smallest absolute Gasteiger partial charge is 0.388 e. The molecule has 0 saturated heterocycles. The monoisotopic (exact) mass is 421 g/mol. The molecule has 0 fully saturated rings. The zero-order valence-electron chi connectivity index (χ0n) is 16.6. The maximum absolute atomic E-state index is 13.8. The van der Waals surface area contributed by atoms with Gasteiger partial charge in [0.25, 0.3) is 5.91 Å². The van der Waals surface area contributed by atoms with E-state index in [9.17, 15) is 18.4 Å². The Hall–Kier alpha value is -4.07. The molecular formula is C23H17F2N3O3. The van der Waals surface area contributed by atoms with Gasteiger partial charge in [-0.05, 0) is 60.0 Å². The van der Waals surface area contributed by atoms with E-state index in [2.05, 4.69) is 10.4 Å². The molecule has 4 rings (SSSR count). The molecule has 1 aromatic heterocycles. The van der Waals surface area contributed by atoms with Gasteiger partial charge >= 0.3 is 5.76 Å². The van der Waals surface area contributed by atoms with Gasteiger partial charge in [-0.3, -0.25) is 4.79 Å². The first kappa shape index (κ1) is 20.2. The van der Waals surface area contributed by atoms with Crippen LogP contribution in [0.15, 0.2) is 69.9 Å². The van der Waals surface area contributed by atoms with Crippen LogP contribution in [0.3, 0.4) is 0 Å². The number of nitrogens with one attached hydrogen (secondary N) is 1. The lowest BCUT2D eigenvalue weighted by atomic mass is 9.98. The summed E-state index contributed by atoms with van der Waals surface area (Å²) < 4.78 is 33.9. The van der Waals surface area contributed by atoms with Crippen LogP contribution in [0.4, 0.5) is 14.5 Å². The molecule has 0 radical (unpaired) electrons. The fourth-order valence-corrected chi connectivity index (χ4v) is 3.17. The number of halogens is 2. The van der Waals surface area contributed by atoms with Crippen molar-refractivity contribution in [3.05, 3.63) is 94.0 Å². The Morgan fingerprint density at radius 1 is 1.00 bits per heavy atom. The number of aromatic nitrogens is 2. The highest BCUT2D eigenvalue weighted by Gasteiger charge is 2.17. The van der Waals surface area contributed by atoms with Crippen molar-refractivity contribution in [1.29, 1.82) is 0 Å². The van der Waals surface area contributed by atoms with Crippen molar-refractivity contribution in [1.82, 2.24) is 9.78 Å². The molecule has 0 atom stereocenters. The van der Waals surface area contributed by atoms with Crippen LogP contribution in [-0.4, -0.2) is 15.7 Å². The molecule has 0 unspecified atom stereocenters. The van der Waals surface area contributed by atoms with Gasteiger partial charge in [0.15, 0.2) is 0 Å². The third-order valence-electron chi connectivity index (χ3n) is 4.82. The summed E-state index contributed by atoms with van der Waals surface area (Å²) in [6.07, 6.45) is 0. The Bertz CT molecular complexity index is 1320. The summed E-state index contributed by atoms with van der Waals surface area (Å²) in [7, 11) is 1.50. The third-order valence-corrected chi connectivity index (χ3v) is 4.82. The second-order valence-electron chi connectivity index (χ2n) is 6.95. The Balaban J connectivity index is 1.60. The lowest BCUT2D eigenvalue weighted by Crippen LogP contribution is -2.15. The van der Waals surface area contributed by atoms with E-state index in [0.717, 1.165) is 33.5 Å². The predicted octanol–water partition coefficient (Wildman–Crippen LogP) is 4.55. The molecule has 3 aromatic carbocycles. The minimum Gasteiger partial charge on any atom is -0.388 e. The molecule has 4 aromatic rings. The molecule has 0 aliphatic heterocycles. The average Bonchev–Trinajstić information content (AvgIpc) is 3.07. The Kier molecular flexibility index (Phi) is 5.21. The molecule has 1 amide bonds. The summed E-state index contributed by atoms with van der Waals surface area (Å²) in [5.74, 6) is -3.06. The SMILES string of the molecule is Cc1ccc(-c2nn(C)c(=O)o2)cc1-c1ccc(NC(=O)c2c(F)cccc2F)cc1. The van der Waals surface area contributed by atoms with Crippen molar-refractivity contribution in [3.63, 3.8) is 0 Å². The molecule has 0 spiro atoms. The first-order valence-corrected chi connectivity index (χ1v) is 9.34. The van der Waals surface area contributed by atoms with Crippen molar-refractivity contribution in [3.8, 4) is 22.6 Å². The van der Waals surface area contributed by atoms with Gasteiger partial charge in [0, 0.05) is 18.3 Å². The van der Waals surface area contributed by atoms with Crippen molar-refractivity contribution in [2.75, 3.05) is 5.32 Å². The number of hydrogen-bond donors (Lipinski definition) is 1. The van der Waals surface area contributed by atoms with Crippen LogP contribution in [-0.2, 0) is 7.05 Å². The highest BCUT2D eigenvalue weighted by atomic mass is 19.1. The summed E-state index contributed by atoms with van der Waals surface area (Å²) in [5, 5.41) is 6.56. The normalized spacial score (nSPS) is 10.8. The minimum atomic E-state index is -0.928. The van der Waals surface area contributed by atoms with E-state index < -0.39 is 28.9 Å². The van der Waals surface area contributed by atoms with E-state index in [1.165, 1.54) is 13.1 Å². The van der Waals surface area contributed by atoms with Gasteiger partial charge in [-0.1, -0.05) is 24.3 Å². The van der Waals surface area contributed by atoms with E-state index in [4.69, 9.17) is 4.42 Å². The summed E-state index contributed by atoms with van der Waals surface area (Å²) in [6, 6.07) is 15.6. The number of carbonyl (C=O) groups is 1. The topological polar surface area (TPSA) is 77.1 Å². The molecule has 1 heterocycles. The van der Waals surface area contributed by atoms with Crippen LogP contribution in [0.25, 0.3) is 22.6 Å². The zero-order valence-corrected chi connectivity index (χ0v) is 16.6. The van der Waals surface area contributed by atoms with Gasteiger partial charge < -0.3 is 9.73 Å². The van der Waals surface area contributed by atoms with E-state index in [-0.39, 0.29) is 5.89 Å². The van der Waals surface area contributed by atoms with Crippen LogP contribution in [0.5, 0.6) is 0 Å². The summed E-state index contributed by atoms with van der Waals surface area (Å²) in [5.41, 5.74) is 3.10. The highest BCUT2D eigenvalue weighted by Crippen LogP contribution is 2.29. The van der Waals surface area contributed by atoms with Crippen LogP contribution in [0.1, 0.15) is 15.9 Å². The summed E-state index contributed by atoms with van der Waals surface area (Å²) >= 11 is 0. The lowest BCUT2D eigenvalue weighted by molar-refractivity contribution is 0.101. The molecule has 8 heteroatoms. The number of carbonyl (C=O) groups excluding carboxylic acids is 1. The van der Waals surface area contributed by atoms with Gasteiger partial charge in [-0.2, -0.15) is 4.68 Å². The average molecular weight is 421 g/mol. The summed E-state index contributed by atoms with van der Waals surface area (Å²) in [6.45, 7) is 1.93. The number of aryl methyl sites for hydroxylation is 2. The fraction of sp³-hybridized carbons (Fsp3) is 0.0870. The van der Waals surface area contributed by atoms with Crippen molar-refractivity contribution >= 4 is 11.6 Å². The van der Waals surface area contributed by atoms with Crippen LogP contribution in [0, 0.1) is 18.6 Å². The van der Waals surface area contributed by atoms with E-state index in [1.807, 2.05) is 25.1 Å². The number of rotatable bonds is 4. The van der Waals surface area contributed by atoms with Crippen molar-refractivity contribution < 1.29 is 18.0 Å². The van der Waals surface area contributed by atoms with Gasteiger partial charge in [-0.15, -0.1) is 5.10 Å². The largest absolute Gasteiger partial charge is 0.437 e. The molecule has 0 aliphatic carbocycles. The van der Waals surface area contributed by atoms with Gasteiger partial charge in [-0.25, -0.2) is 13.6 Å². The van der Waals surface area contributed by atoms with Gasteiger partial charge in [0.05, 0.1) is 0 Å². The molecular weight excluding hydrogens is 404 g/mol. The second-order valence-corrected chi connectivity index (χ2v) is 6.95. The number of benzene rings is 3. The maximum Gasteiger partial charge on any atom is 0.437 e. The Morgan fingerprint density at radius 3 is 2.26 bits per heavy atom. The van der Waals surface area contributed by atoms with Crippen molar-refractivity contribution in [2.45, 2.75) is 6.92 Å². The number of amides is 1. The van der Waals surface area contributed by atoms with Crippen LogP contribution >= 0.6 is 0 Å². The minimum absolute atomic E-state index is 0.213. The molecule has 31 heavy (non-hydrogen) atoms. The third kappa shape index (κ3) is 4.00. The second kappa shape index (κ2) is 7.98. The molecule has 0 bridgehead atoms. The van der Waals surface area contributed by atoms with Crippen LogP contribution in [0.2, 0.25) is 0 Å². The van der Waals surface area contributed by atoms with E-state index in [1.54, 1.807) is 24.3 Å².